The van der Waals surface area contributed by atoms with Gasteiger partial charge in [0.2, 0.25) is 0 Å². The standard InChI is InChI=1S/C15H16N4O/c1-16-9-11-4-3-5-12(8-11)13-10-19-7-6-17-14(19)15(18-13)20-2/h3-8,10,16H,9H2,1-2H3. The molecule has 0 amide bonds. The van der Waals surface area contributed by atoms with Gasteiger partial charge < -0.3 is 14.5 Å². The summed E-state index contributed by atoms with van der Waals surface area (Å²) in [6, 6.07) is 8.30. The van der Waals surface area contributed by atoms with Crippen molar-refractivity contribution in [3.63, 3.8) is 0 Å². The summed E-state index contributed by atoms with van der Waals surface area (Å²) in [6.45, 7) is 0.832. The Morgan fingerprint density at radius 2 is 2.25 bits per heavy atom. The molecule has 102 valence electrons. The Hall–Kier alpha value is -2.40. The maximum Gasteiger partial charge on any atom is 0.258 e. The first-order valence-electron chi connectivity index (χ1n) is 6.43. The molecule has 0 spiro atoms. The van der Waals surface area contributed by atoms with Crippen molar-refractivity contribution in [3.8, 4) is 17.1 Å². The van der Waals surface area contributed by atoms with E-state index in [9.17, 15) is 0 Å². The first-order chi connectivity index (χ1) is 9.81. The van der Waals surface area contributed by atoms with Crippen molar-refractivity contribution in [2.24, 2.45) is 0 Å². The Kier molecular flexibility index (Phi) is 3.35. The third-order valence-corrected chi connectivity index (χ3v) is 3.14. The van der Waals surface area contributed by atoms with Crippen LogP contribution >= 0.6 is 0 Å². The number of rotatable bonds is 4. The molecule has 0 saturated carbocycles. The Morgan fingerprint density at radius 3 is 3.05 bits per heavy atom. The molecule has 0 atom stereocenters. The summed E-state index contributed by atoms with van der Waals surface area (Å²) in [6.07, 6.45) is 5.59. The van der Waals surface area contributed by atoms with Crippen molar-refractivity contribution in [2.45, 2.75) is 6.54 Å². The number of methoxy groups -OCH3 is 1. The predicted molar refractivity (Wildman–Crippen MR) is 77.7 cm³/mol. The lowest BCUT2D eigenvalue weighted by Gasteiger charge is -2.08. The van der Waals surface area contributed by atoms with Gasteiger partial charge >= 0.3 is 0 Å². The molecular weight excluding hydrogens is 252 g/mol. The summed E-state index contributed by atoms with van der Waals surface area (Å²) in [5.41, 5.74) is 3.87. The molecule has 20 heavy (non-hydrogen) atoms. The van der Waals surface area contributed by atoms with E-state index in [0.717, 1.165) is 23.4 Å². The number of nitrogens with one attached hydrogen (secondary N) is 1. The number of aromatic nitrogens is 3. The minimum absolute atomic E-state index is 0.534. The van der Waals surface area contributed by atoms with Gasteiger partial charge in [0.05, 0.1) is 12.8 Å². The van der Waals surface area contributed by atoms with Crippen LogP contribution in [0.4, 0.5) is 0 Å². The molecule has 0 radical (unpaired) electrons. The Bertz CT molecular complexity index is 736. The average Bonchev–Trinajstić information content (AvgIpc) is 2.95. The zero-order valence-corrected chi connectivity index (χ0v) is 11.5. The molecule has 0 unspecified atom stereocenters. The maximum absolute atomic E-state index is 5.32. The summed E-state index contributed by atoms with van der Waals surface area (Å²) in [5, 5.41) is 3.15. The van der Waals surface area contributed by atoms with E-state index in [1.807, 2.05) is 36.0 Å². The number of hydrogen-bond acceptors (Lipinski definition) is 4. The molecule has 0 aliphatic heterocycles. The van der Waals surface area contributed by atoms with Crippen LogP contribution in [0.25, 0.3) is 16.9 Å². The van der Waals surface area contributed by atoms with E-state index in [1.165, 1.54) is 5.56 Å². The second-order valence-corrected chi connectivity index (χ2v) is 4.52. The predicted octanol–water partition coefficient (Wildman–Crippen LogP) is 2.12. The van der Waals surface area contributed by atoms with E-state index in [4.69, 9.17) is 4.74 Å². The summed E-state index contributed by atoms with van der Waals surface area (Å²) in [7, 11) is 3.55. The third kappa shape index (κ3) is 2.23. The summed E-state index contributed by atoms with van der Waals surface area (Å²) in [4.78, 5) is 8.77. The number of benzene rings is 1. The van der Waals surface area contributed by atoms with Crippen LogP contribution in [0.3, 0.4) is 0 Å². The van der Waals surface area contributed by atoms with Crippen LogP contribution in [0.1, 0.15) is 5.56 Å². The van der Waals surface area contributed by atoms with Gasteiger partial charge in [-0.3, -0.25) is 0 Å². The number of ether oxygens (including phenoxy) is 1. The molecule has 1 aromatic carbocycles. The molecule has 0 saturated heterocycles. The largest absolute Gasteiger partial charge is 0.478 e. The molecule has 2 heterocycles. The van der Waals surface area contributed by atoms with Crippen molar-refractivity contribution in [2.75, 3.05) is 14.2 Å². The van der Waals surface area contributed by atoms with Gasteiger partial charge in [0.25, 0.3) is 5.88 Å². The molecule has 3 aromatic rings. The lowest BCUT2D eigenvalue weighted by molar-refractivity contribution is 0.400. The summed E-state index contributed by atoms with van der Waals surface area (Å²) < 4.78 is 7.24. The number of hydrogen-bond donors (Lipinski definition) is 1. The highest BCUT2D eigenvalue weighted by molar-refractivity contribution is 5.63. The molecule has 5 heteroatoms. The second kappa shape index (κ2) is 5.30. The monoisotopic (exact) mass is 268 g/mol. The lowest BCUT2D eigenvalue weighted by Crippen LogP contribution is -2.05. The molecule has 0 fully saturated rings. The molecular formula is C15H16N4O. The molecule has 0 bridgehead atoms. The zero-order chi connectivity index (χ0) is 13.9. The van der Waals surface area contributed by atoms with Gasteiger partial charge in [-0.2, -0.15) is 0 Å². The minimum Gasteiger partial charge on any atom is -0.478 e. The van der Waals surface area contributed by atoms with Gasteiger partial charge in [-0.1, -0.05) is 18.2 Å². The minimum atomic E-state index is 0.534. The summed E-state index contributed by atoms with van der Waals surface area (Å²) >= 11 is 0. The van der Waals surface area contributed by atoms with Crippen molar-refractivity contribution < 1.29 is 4.74 Å². The molecule has 0 aliphatic rings. The second-order valence-electron chi connectivity index (χ2n) is 4.52. The van der Waals surface area contributed by atoms with E-state index in [2.05, 4.69) is 27.4 Å². The SMILES string of the molecule is CNCc1cccc(-c2cn3ccnc3c(OC)n2)c1. The maximum atomic E-state index is 5.32. The fourth-order valence-corrected chi connectivity index (χ4v) is 2.22. The van der Waals surface area contributed by atoms with Crippen molar-refractivity contribution >= 4 is 5.65 Å². The van der Waals surface area contributed by atoms with Crippen molar-refractivity contribution in [1.29, 1.82) is 0 Å². The molecule has 2 aromatic heterocycles. The number of imidazole rings is 1. The van der Waals surface area contributed by atoms with Gasteiger partial charge in [0.15, 0.2) is 5.65 Å². The first-order valence-corrected chi connectivity index (χ1v) is 6.43. The van der Waals surface area contributed by atoms with Crippen LogP contribution in [-0.4, -0.2) is 28.5 Å². The topological polar surface area (TPSA) is 51.5 Å². The Morgan fingerprint density at radius 1 is 1.35 bits per heavy atom. The fourth-order valence-electron chi connectivity index (χ4n) is 2.22. The summed E-state index contributed by atoms with van der Waals surface area (Å²) in [5.74, 6) is 0.534. The van der Waals surface area contributed by atoms with Crippen LogP contribution in [-0.2, 0) is 6.54 Å². The molecule has 3 rings (SSSR count). The van der Waals surface area contributed by atoms with Gasteiger partial charge in [0, 0.05) is 30.7 Å². The van der Waals surface area contributed by atoms with Crippen LogP contribution in [0, 0.1) is 0 Å². The highest BCUT2D eigenvalue weighted by Gasteiger charge is 2.09. The lowest BCUT2D eigenvalue weighted by atomic mass is 10.1. The van der Waals surface area contributed by atoms with Crippen LogP contribution in [0.15, 0.2) is 42.9 Å². The van der Waals surface area contributed by atoms with Gasteiger partial charge in [-0.25, -0.2) is 9.97 Å². The van der Waals surface area contributed by atoms with Gasteiger partial charge in [-0.15, -0.1) is 0 Å². The zero-order valence-electron chi connectivity index (χ0n) is 11.5. The van der Waals surface area contributed by atoms with E-state index in [0.29, 0.717) is 5.88 Å². The number of fused-ring (bicyclic) bond motifs is 1. The molecule has 5 nitrogen and oxygen atoms in total. The quantitative estimate of drug-likeness (QED) is 0.787. The van der Waals surface area contributed by atoms with E-state index in [-0.39, 0.29) is 0 Å². The highest BCUT2D eigenvalue weighted by Crippen LogP contribution is 2.23. The van der Waals surface area contributed by atoms with Crippen LogP contribution < -0.4 is 10.1 Å². The Labute approximate surface area is 117 Å². The van der Waals surface area contributed by atoms with E-state index < -0.39 is 0 Å². The van der Waals surface area contributed by atoms with E-state index >= 15 is 0 Å². The average molecular weight is 268 g/mol. The highest BCUT2D eigenvalue weighted by atomic mass is 16.5. The molecule has 0 aliphatic carbocycles. The number of nitrogens with zero attached hydrogens (tertiary/aromatic N) is 3. The third-order valence-electron chi connectivity index (χ3n) is 3.14. The van der Waals surface area contributed by atoms with Crippen LogP contribution in [0.2, 0.25) is 0 Å². The smallest absolute Gasteiger partial charge is 0.258 e. The van der Waals surface area contributed by atoms with Gasteiger partial charge in [-0.05, 0) is 18.7 Å². The first kappa shape index (κ1) is 12.6. The van der Waals surface area contributed by atoms with Crippen molar-refractivity contribution in [3.05, 3.63) is 48.4 Å². The van der Waals surface area contributed by atoms with Gasteiger partial charge in [0.1, 0.15) is 0 Å². The normalized spacial score (nSPS) is 10.9. The Balaban J connectivity index is 2.11. The van der Waals surface area contributed by atoms with Crippen molar-refractivity contribution in [1.82, 2.24) is 19.7 Å². The fraction of sp³-hybridized carbons (Fsp3) is 0.200. The molecule has 1 N–H and O–H groups in total. The van der Waals surface area contributed by atoms with Crippen LogP contribution in [0.5, 0.6) is 5.88 Å². The van der Waals surface area contributed by atoms with E-state index in [1.54, 1.807) is 13.3 Å².